The SMILES string of the molecule is O=P(c1cccc2ccccc12)(c1cccc2ccccc12)c1cc2c3ccccc3c3ccccc3c2c2ccccc12. The van der Waals surface area contributed by atoms with E-state index in [1.165, 1.54) is 26.9 Å². The molecule has 0 fully saturated rings. The molecule has 0 N–H and O–H groups in total. The van der Waals surface area contributed by atoms with Crippen molar-refractivity contribution in [3.63, 3.8) is 0 Å². The van der Waals surface area contributed by atoms with Gasteiger partial charge in [-0.3, -0.25) is 0 Å². The minimum absolute atomic E-state index is 0.876. The van der Waals surface area contributed by atoms with Crippen LogP contribution in [-0.2, 0) is 4.57 Å². The minimum Gasteiger partial charge on any atom is -0.309 e. The van der Waals surface area contributed by atoms with Crippen LogP contribution in [0.4, 0.5) is 0 Å². The van der Waals surface area contributed by atoms with Gasteiger partial charge >= 0.3 is 0 Å². The Morgan fingerprint density at radius 3 is 1.20 bits per heavy atom. The molecule has 0 spiro atoms. The van der Waals surface area contributed by atoms with Crippen molar-refractivity contribution in [2.45, 2.75) is 0 Å². The van der Waals surface area contributed by atoms with Gasteiger partial charge in [0.1, 0.15) is 0 Å². The van der Waals surface area contributed by atoms with Crippen molar-refractivity contribution in [3.8, 4) is 0 Å². The first-order chi connectivity index (χ1) is 21.7. The van der Waals surface area contributed by atoms with E-state index in [-0.39, 0.29) is 0 Å². The van der Waals surface area contributed by atoms with Gasteiger partial charge in [-0.1, -0.05) is 158 Å². The van der Waals surface area contributed by atoms with Crippen molar-refractivity contribution in [2.75, 3.05) is 0 Å². The van der Waals surface area contributed by atoms with E-state index in [1.54, 1.807) is 0 Å². The molecule has 44 heavy (non-hydrogen) atoms. The molecule has 0 bridgehead atoms. The van der Waals surface area contributed by atoms with Gasteiger partial charge in [0, 0.05) is 15.9 Å². The molecule has 0 amide bonds. The average molecular weight is 579 g/mol. The number of hydrogen-bond donors (Lipinski definition) is 0. The Hall–Kier alpha value is -5.23. The molecule has 0 radical (unpaired) electrons. The lowest BCUT2D eigenvalue weighted by Gasteiger charge is -2.26. The molecular weight excluding hydrogens is 551 g/mol. The Morgan fingerprint density at radius 2 is 0.659 bits per heavy atom. The van der Waals surface area contributed by atoms with Crippen molar-refractivity contribution < 1.29 is 4.57 Å². The molecule has 0 aliphatic rings. The van der Waals surface area contributed by atoms with Gasteiger partial charge in [0.2, 0.25) is 0 Å². The van der Waals surface area contributed by atoms with Crippen molar-refractivity contribution in [3.05, 3.63) is 164 Å². The van der Waals surface area contributed by atoms with Crippen LogP contribution in [0.3, 0.4) is 0 Å². The largest absolute Gasteiger partial charge is 0.309 e. The first kappa shape index (κ1) is 25.3. The molecule has 9 aromatic carbocycles. The molecule has 0 saturated heterocycles. The third kappa shape index (κ3) is 3.51. The van der Waals surface area contributed by atoms with Crippen LogP contribution in [0.15, 0.2) is 164 Å². The Bertz CT molecular complexity index is 2560. The highest BCUT2D eigenvalue weighted by Crippen LogP contribution is 2.50. The molecule has 0 aliphatic carbocycles. The van der Waals surface area contributed by atoms with E-state index in [4.69, 9.17) is 0 Å². The zero-order valence-corrected chi connectivity index (χ0v) is 24.8. The van der Waals surface area contributed by atoms with Crippen LogP contribution in [0.1, 0.15) is 0 Å². The third-order valence-electron chi connectivity index (χ3n) is 9.28. The van der Waals surface area contributed by atoms with E-state index >= 15 is 4.57 Å². The van der Waals surface area contributed by atoms with E-state index in [1.807, 2.05) is 0 Å². The van der Waals surface area contributed by atoms with Gasteiger partial charge < -0.3 is 4.57 Å². The van der Waals surface area contributed by atoms with Gasteiger partial charge in [0.05, 0.1) is 0 Å². The Balaban J connectivity index is 1.55. The second kappa shape index (κ2) is 9.64. The topological polar surface area (TPSA) is 17.1 Å². The van der Waals surface area contributed by atoms with Crippen LogP contribution in [0.5, 0.6) is 0 Å². The van der Waals surface area contributed by atoms with E-state index in [0.717, 1.165) is 53.6 Å². The molecule has 1 nitrogen and oxygen atoms in total. The molecule has 0 aromatic heterocycles. The van der Waals surface area contributed by atoms with Crippen LogP contribution in [-0.4, -0.2) is 0 Å². The monoisotopic (exact) mass is 578 g/mol. The molecule has 9 aromatic rings. The lowest BCUT2D eigenvalue weighted by molar-refractivity contribution is 0.593. The normalized spacial score (nSPS) is 12.2. The summed E-state index contributed by atoms with van der Waals surface area (Å²) >= 11 is 0. The summed E-state index contributed by atoms with van der Waals surface area (Å²) in [6.07, 6.45) is 0. The fraction of sp³-hybridized carbons (Fsp3) is 0. The molecule has 9 rings (SSSR count). The van der Waals surface area contributed by atoms with Gasteiger partial charge in [-0.05, 0) is 70.7 Å². The Kier molecular flexibility index (Phi) is 5.54. The highest BCUT2D eigenvalue weighted by atomic mass is 31.2. The molecule has 0 atom stereocenters. The van der Waals surface area contributed by atoms with E-state index in [2.05, 4.69) is 164 Å². The maximum absolute atomic E-state index is 16.7. The summed E-state index contributed by atoms with van der Waals surface area (Å²) in [5.41, 5.74) is 0. The predicted molar refractivity (Wildman–Crippen MR) is 191 cm³/mol. The van der Waals surface area contributed by atoms with Crippen LogP contribution in [0, 0.1) is 0 Å². The number of benzene rings is 9. The standard InChI is InChI=1S/C42H27OP/c43-44(39-25-11-15-28-13-1-3-17-30(28)39,40-26-12-16-29-14-2-4-18-31(29)40)41-27-38-34-21-6-5-19-32(34)33-20-7-9-23-36(33)42(38)37-24-10-8-22-35(37)41/h1-27H. The Morgan fingerprint density at radius 1 is 0.295 bits per heavy atom. The summed E-state index contributed by atoms with van der Waals surface area (Å²) in [5.74, 6) is 0. The highest BCUT2D eigenvalue weighted by Gasteiger charge is 2.35. The van der Waals surface area contributed by atoms with Crippen molar-refractivity contribution in [1.29, 1.82) is 0 Å². The average Bonchev–Trinajstić information content (AvgIpc) is 3.10. The molecule has 0 aliphatic heterocycles. The maximum atomic E-state index is 16.7. The summed E-state index contributed by atoms with van der Waals surface area (Å²) in [6, 6.07) is 57.3. The summed E-state index contributed by atoms with van der Waals surface area (Å²) in [7, 11) is -3.46. The first-order valence-electron chi connectivity index (χ1n) is 15.1. The van der Waals surface area contributed by atoms with Gasteiger partial charge in [-0.15, -0.1) is 0 Å². The highest BCUT2D eigenvalue weighted by molar-refractivity contribution is 7.86. The van der Waals surface area contributed by atoms with Crippen molar-refractivity contribution >= 4 is 87.7 Å². The molecule has 2 heteroatoms. The van der Waals surface area contributed by atoms with Crippen LogP contribution in [0.25, 0.3) is 64.6 Å². The number of fused-ring (bicyclic) bond motifs is 10. The second-order valence-corrected chi connectivity index (χ2v) is 14.2. The van der Waals surface area contributed by atoms with Gasteiger partial charge in [0.15, 0.2) is 7.14 Å². The molecule has 206 valence electrons. The zero-order chi connectivity index (χ0) is 29.3. The smallest absolute Gasteiger partial charge is 0.172 e. The van der Waals surface area contributed by atoms with Gasteiger partial charge in [-0.2, -0.15) is 0 Å². The fourth-order valence-corrected chi connectivity index (χ4v) is 10.7. The van der Waals surface area contributed by atoms with Crippen LogP contribution >= 0.6 is 7.14 Å². The maximum Gasteiger partial charge on any atom is 0.172 e. The summed E-state index contributed by atoms with van der Waals surface area (Å²) in [4.78, 5) is 0. The summed E-state index contributed by atoms with van der Waals surface area (Å²) in [6.45, 7) is 0. The van der Waals surface area contributed by atoms with Crippen LogP contribution in [0.2, 0.25) is 0 Å². The van der Waals surface area contributed by atoms with Gasteiger partial charge in [-0.25, -0.2) is 0 Å². The molecule has 0 saturated carbocycles. The fourth-order valence-electron chi connectivity index (χ4n) is 7.36. The summed E-state index contributed by atoms with van der Waals surface area (Å²) in [5, 5.41) is 16.2. The van der Waals surface area contributed by atoms with Crippen molar-refractivity contribution in [1.82, 2.24) is 0 Å². The summed E-state index contributed by atoms with van der Waals surface area (Å²) < 4.78 is 16.7. The zero-order valence-electron chi connectivity index (χ0n) is 23.9. The minimum atomic E-state index is -3.46. The van der Waals surface area contributed by atoms with E-state index < -0.39 is 7.14 Å². The first-order valence-corrected chi connectivity index (χ1v) is 16.8. The Labute approximate surface area is 255 Å². The van der Waals surface area contributed by atoms with E-state index in [0.29, 0.717) is 0 Å². The van der Waals surface area contributed by atoms with Crippen molar-refractivity contribution in [2.24, 2.45) is 0 Å². The quantitative estimate of drug-likeness (QED) is 0.151. The lowest BCUT2D eigenvalue weighted by Crippen LogP contribution is -2.27. The molecule has 0 heterocycles. The van der Waals surface area contributed by atoms with E-state index in [9.17, 15) is 0 Å². The predicted octanol–water partition coefficient (Wildman–Crippen LogP) is 10.2. The molecular formula is C42H27OP. The molecule has 0 unspecified atom stereocenters. The van der Waals surface area contributed by atoms with Gasteiger partial charge in [0.25, 0.3) is 0 Å². The second-order valence-electron chi connectivity index (χ2n) is 11.6. The number of hydrogen-bond acceptors (Lipinski definition) is 1. The van der Waals surface area contributed by atoms with Crippen LogP contribution < -0.4 is 15.9 Å². The lowest BCUT2D eigenvalue weighted by atomic mass is 9.91. The number of rotatable bonds is 3. The third-order valence-corrected chi connectivity index (χ3v) is 12.5.